The number of halogens is 1. The highest BCUT2D eigenvalue weighted by Gasteiger charge is 2.13. The molecular formula is C11H17ClN2O2S. The Hall–Kier alpha value is -0.620. The van der Waals surface area contributed by atoms with Gasteiger partial charge in [0.25, 0.3) is 0 Å². The molecule has 6 heteroatoms. The van der Waals surface area contributed by atoms with Gasteiger partial charge in [-0.05, 0) is 43.8 Å². The van der Waals surface area contributed by atoms with Crippen molar-refractivity contribution in [2.45, 2.75) is 24.8 Å². The molecule has 4 nitrogen and oxygen atoms in total. The van der Waals surface area contributed by atoms with Gasteiger partial charge in [-0.2, -0.15) is 0 Å². The minimum Gasteiger partial charge on any atom is -0.313 e. The number of hydrogen-bond donors (Lipinski definition) is 2. The third-order valence-corrected chi connectivity index (χ3v) is 4.12. The summed E-state index contributed by atoms with van der Waals surface area (Å²) in [6.07, 6.45) is 1.02. The van der Waals surface area contributed by atoms with E-state index in [1.165, 1.54) is 13.1 Å². The highest BCUT2D eigenvalue weighted by Crippen LogP contribution is 2.20. The van der Waals surface area contributed by atoms with Crippen LogP contribution in [0.4, 0.5) is 0 Å². The van der Waals surface area contributed by atoms with Gasteiger partial charge in [0, 0.05) is 11.6 Å². The fourth-order valence-electron chi connectivity index (χ4n) is 1.37. The fraction of sp³-hybridized carbons (Fsp3) is 0.455. The first-order valence-electron chi connectivity index (χ1n) is 5.44. The number of benzene rings is 1. The van der Waals surface area contributed by atoms with Crippen molar-refractivity contribution in [3.8, 4) is 0 Å². The molecule has 0 saturated heterocycles. The zero-order valence-corrected chi connectivity index (χ0v) is 11.5. The number of rotatable bonds is 6. The third kappa shape index (κ3) is 3.96. The van der Waals surface area contributed by atoms with Gasteiger partial charge in [0.05, 0.1) is 4.90 Å². The fourth-order valence-corrected chi connectivity index (χ4v) is 2.34. The van der Waals surface area contributed by atoms with Crippen LogP contribution in [0, 0.1) is 0 Å². The normalized spacial score (nSPS) is 11.7. The predicted molar refractivity (Wildman–Crippen MR) is 69.7 cm³/mol. The van der Waals surface area contributed by atoms with Crippen LogP contribution in [0.25, 0.3) is 0 Å². The van der Waals surface area contributed by atoms with Gasteiger partial charge in [0.15, 0.2) is 0 Å². The molecule has 0 fully saturated rings. The van der Waals surface area contributed by atoms with E-state index < -0.39 is 10.0 Å². The lowest BCUT2D eigenvalue weighted by molar-refractivity contribution is 0.588. The lowest BCUT2D eigenvalue weighted by Gasteiger charge is -2.08. The summed E-state index contributed by atoms with van der Waals surface area (Å²) in [4.78, 5) is 0.234. The smallest absolute Gasteiger partial charge is 0.240 e. The van der Waals surface area contributed by atoms with E-state index in [1.807, 2.05) is 0 Å². The van der Waals surface area contributed by atoms with E-state index in [1.54, 1.807) is 12.1 Å². The quantitative estimate of drug-likeness (QED) is 0.779. The zero-order valence-electron chi connectivity index (χ0n) is 9.96. The minimum atomic E-state index is -3.40. The molecule has 1 rings (SSSR count). The summed E-state index contributed by atoms with van der Waals surface area (Å²) in [5.41, 5.74) is 0.788. The molecule has 0 heterocycles. The van der Waals surface area contributed by atoms with Gasteiger partial charge in [-0.25, -0.2) is 13.1 Å². The van der Waals surface area contributed by atoms with Crippen LogP contribution in [-0.2, 0) is 16.6 Å². The number of nitrogens with one attached hydrogen (secondary N) is 2. The van der Waals surface area contributed by atoms with E-state index in [4.69, 9.17) is 11.6 Å². The molecule has 0 saturated carbocycles. The number of sulfonamides is 1. The molecule has 1 aromatic carbocycles. The maximum absolute atomic E-state index is 11.6. The maximum Gasteiger partial charge on any atom is 0.240 e. The second-order valence-electron chi connectivity index (χ2n) is 3.64. The predicted octanol–water partition coefficient (Wildman–Crippen LogP) is 1.75. The van der Waals surface area contributed by atoms with Gasteiger partial charge in [-0.1, -0.05) is 18.5 Å². The third-order valence-electron chi connectivity index (χ3n) is 2.34. The SMILES string of the molecule is CCCNCc1cc(S(=O)(=O)NC)ccc1Cl. The van der Waals surface area contributed by atoms with Crippen molar-refractivity contribution in [2.24, 2.45) is 0 Å². The molecule has 0 aliphatic carbocycles. The van der Waals surface area contributed by atoms with Crippen LogP contribution >= 0.6 is 11.6 Å². The second kappa shape index (κ2) is 6.35. The van der Waals surface area contributed by atoms with E-state index >= 15 is 0 Å². The molecule has 0 radical (unpaired) electrons. The van der Waals surface area contributed by atoms with Gasteiger partial charge >= 0.3 is 0 Å². The lowest BCUT2D eigenvalue weighted by Crippen LogP contribution is -2.19. The summed E-state index contributed by atoms with van der Waals surface area (Å²) in [5, 5.41) is 3.76. The van der Waals surface area contributed by atoms with E-state index in [2.05, 4.69) is 17.0 Å². The lowest BCUT2D eigenvalue weighted by atomic mass is 10.2. The maximum atomic E-state index is 11.6. The van der Waals surface area contributed by atoms with Crippen LogP contribution in [-0.4, -0.2) is 22.0 Å². The minimum absolute atomic E-state index is 0.234. The molecule has 1 aromatic rings. The first-order valence-corrected chi connectivity index (χ1v) is 7.30. The highest BCUT2D eigenvalue weighted by molar-refractivity contribution is 7.89. The number of hydrogen-bond acceptors (Lipinski definition) is 3. The van der Waals surface area contributed by atoms with Crippen LogP contribution in [0.3, 0.4) is 0 Å². The van der Waals surface area contributed by atoms with E-state index in [0.717, 1.165) is 18.5 Å². The summed E-state index contributed by atoms with van der Waals surface area (Å²) in [5.74, 6) is 0. The van der Waals surface area contributed by atoms with Crippen molar-refractivity contribution in [3.63, 3.8) is 0 Å². The average molecular weight is 277 g/mol. The summed E-state index contributed by atoms with van der Waals surface area (Å²) in [6.45, 7) is 3.51. The van der Waals surface area contributed by atoms with E-state index in [-0.39, 0.29) is 4.90 Å². The van der Waals surface area contributed by atoms with Crippen LogP contribution in [0.2, 0.25) is 5.02 Å². The van der Waals surface area contributed by atoms with Gasteiger partial charge in [0.2, 0.25) is 10.0 Å². The van der Waals surface area contributed by atoms with Gasteiger partial charge < -0.3 is 5.32 Å². The van der Waals surface area contributed by atoms with Crippen LogP contribution in [0.1, 0.15) is 18.9 Å². The topological polar surface area (TPSA) is 58.2 Å². The Kier molecular flexibility index (Phi) is 5.39. The van der Waals surface area contributed by atoms with Crippen molar-refractivity contribution in [1.29, 1.82) is 0 Å². The Morgan fingerprint density at radius 3 is 2.65 bits per heavy atom. The average Bonchev–Trinajstić information content (AvgIpc) is 2.31. The molecule has 0 unspecified atom stereocenters. The molecular weight excluding hydrogens is 260 g/mol. The van der Waals surface area contributed by atoms with Crippen molar-refractivity contribution in [2.75, 3.05) is 13.6 Å². The monoisotopic (exact) mass is 276 g/mol. The molecule has 0 aromatic heterocycles. The van der Waals surface area contributed by atoms with Crippen LogP contribution in [0.15, 0.2) is 23.1 Å². The van der Waals surface area contributed by atoms with Crippen molar-refractivity contribution >= 4 is 21.6 Å². The Labute approximate surface area is 107 Å². The molecule has 0 amide bonds. The Morgan fingerprint density at radius 1 is 1.35 bits per heavy atom. The zero-order chi connectivity index (χ0) is 12.9. The summed E-state index contributed by atoms with van der Waals surface area (Å²) in [7, 11) is -2.02. The molecule has 17 heavy (non-hydrogen) atoms. The van der Waals surface area contributed by atoms with Crippen molar-refractivity contribution in [3.05, 3.63) is 28.8 Å². The Balaban J connectivity index is 2.95. The van der Waals surface area contributed by atoms with Gasteiger partial charge in [-0.3, -0.25) is 0 Å². The molecule has 0 spiro atoms. The first-order chi connectivity index (χ1) is 8.01. The molecule has 0 atom stereocenters. The summed E-state index contributed by atoms with van der Waals surface area (Å²) < 4.78 is 25.5. The van der Waals surface area contributed by atoms with E-state index in [9.17, 15) is 8.42 Å². The van der Waals surface area contributed by atoms with E-state index in [0.29, 0.717) is 11.6 Å². The Bertz CT molecular complexity index is 474. The summed E-state index contributed by atoms with van der Waals surface area (Å²) in [6, 6.07) is 4.70. The second-order valence-corrected chi connectivity index (χ2v) is 5.93. The molecule has 2 N–H and O–H groups in total. The van der Waals surface area contributed by atoms with Crippen molar-refractivity contribution < 1.29 is 8.42 Å². The van der Waals surface area contributed by atoms with Crippen molar-refractivity contribution in [1.82, 2.24) is 10.0 Å². The molecule has 96 valence electrons. The Morgan fingerprint density at radius 2 is 2.06 bits per heavy atom. The molecule has 0 bridgehead atoms. The van der Waals surface area contributed by atoms with Gasteiger partial charge in [0.1, 0.15) is 0 Å². The molecule has 0 aliphatic rings. The summed E-state index contributed by atoms with van der Waals surface area (Å²) >= 11 is 6.01. The molecule has 0 aliphatic heterocycles. The van der Waals surface area contributed by atoms with Crippen LogP contribution in [0.5, 0.6) is 0 Å². The van der Waals surface area contributed by atoms with Gasteiger partial charge in [-0.15, -0.1) is 0 Å². The highest BCUT2D eigenvalue weighted by atomic mass is 35.5. The van der Waals surface area contributed by atoms with Crippen LogP contribution < -0.4 is 10.0 Å². The largest absolute Gasteiger partial charge is 0.313 e. The standard InChI is InChI=1S/C11H17ClN2O2S/c1-3-6-14-8-9-7-10(4-5-11(9)12)17(15,16)13-2/h4-5,7,13-14H,3,6,8H2,1-2H3. The first kappa shape index (κ1) is 14.4.